The van der Waals surface area contributed by atoms with Crippen molar-refractivity contribution in [2.24, 2.45) is 0 Å². The molecule has 1 fully saturated rings. The molecule has 0 saturated carbocycles. The van der Waals surface area contributed by atoms with E-state index in [9.17, 15) is 18.0 Å². The molecular weight excluding hydrogens is 451 g/mol. The highest BCUT2D eigenvalue weighted by Crippen LogP contribution is 2.36. The van der Waals surface area contributed by atoms with E-state index in [1.807, 2.05) is 36.4 Å². The Hall–Kier alpha value is -2.90. The van der Waals surface area contributed by atoms with Crippen LogP contribution in [0.4, 0.5) is 13.2 Å². The van der Waals surface area contributed by atoms with E-state index in [-0.39, 0.29) is 11.6 Å². The molecule has 0 aliphatic carbocycles. The second-order valence-corrected chi connectivity index (χ2v) is 8.41. The van der Waals surface area contributed by atoms with Gasteiger partial charge in [0.25, 0.3) is 5.91 Å². The molecule has 33 heavy (non-hydrogen) atoms. The van der Waals surface area contributed by atoms with Crippen LogP contribution < -0.4 is 10.6 Å². The summed E-state index contributed by atoms with van der Waals surface area (Å²) < 4.78 is 39.8. The Morgan fingerprint density at radius 2 is 1.85 bits per heavy atom. The summed E-state index contributed by atoms with van der Waals surface area (Å²) in [7, 11) is 0. The summed E-state index contributed by atoms with van der Waals surface area (Å²) in [6.45, 7) is 0.815. The molecule has 1 saturated heterocycles. The number of piperidine rings is 1. The molecule has 0 spiro atoms. The molecule has 2 atom stereocenters. The number of carbonyl (C=O) groups excluding carboxylic acids is 1. The first kappa shape index (κ1) is 23.3. The maximum Gasteiger partial charge on any atom is 0.417 e. The molecule has 0 unspecified atom stereocenters. The summed E-state index contributed by atoms with van der Waals surface area (Å²) in [5.74, 6) is -0.639. The minimum atomic E-state index is -4.64. The lowest BCUT2D eigenvalue weighted by Crippen LogP contribution is -2.46. The molecule has 2 aromatic carbocycles. The van der Waals surface area contributed by atoms with Crippen molar-refractivity contribution < 1.29 is 18.0 Å². The van der Waals surface area contributed by atoms with E-state index in [0.29, 0.717) is 0 Å². The molecule has 4 rings (SSSR count). The van der Waals surface area contributed by atoms with Crippen molar-refractivity contribution in [1.29, 1.82) is 0 Å². The van der Waals surface area contributed by atoms with Crippen molar-refractivity contribution in [1.82, 2.24) is 15.6 Å². The number of carbonyl (C=O) groups is 1. The van der Waals surface area contributed by atoms with E-state index in [1.54, 1.807) is 12.4 Å². The van der Waals surface area contributed by atoms with Crippen LogP contribution in [0.2, 0.25) is 5.02 Å². The maximum absolute atomic E-state index is 13.3. The number of nitrogens with one attached hydrogen (secondary N) is 2. The molecular formula is C25H23ClF3N3O. The Bertz CT molecular complexity index is 1100. The zero-order valence-corrected chi connectivity index (χ0v) is 18.5. The predicted molar refractivity (Wildman–Crippen MR) is 122 cm³/mol. The fourth-order valence-electron chi connectivity index (χ4n) is 4.14. The molecule has 172 valence electrons. The van der Waals surface area contributed by atoms with Crippen molar-refractivity contribution in [3.63, 3.8) is 0 Å². The first-order valence-corrected chi connectivity index (χ1v) is 11.1. The maximum atomic E-state index is 13.3. The van der Waals surface area contributed by atoms with Gasteiger partial charge < -0.3 is 10.6 Å². The number of benzene rings is 2. The van der Waals surface area contributed by atoms with Gasteiger partial charge in [-0.2, -0.15) is 13.2 Å². The lowest BCUT2D eigenvalue weighted by molar-refractivity contribution is -0.137. The van der Waals surface area contributed by atoms with E-state index < -0.39 is 28.7 Å². The number of hydrogen-bond donors (Lipinski definition) is 2. The smallest absolute Gasteiger partial charge is 0.344 e. The van der Waals surface area contributed by atoms with Gasteiger partial charge in [-0.3, -0.25) is 9.78 Å². The van der Waals surface area contributed by atoms with Crippen LogP contribution in [0.5, 0.6) is 0 Å². The second kappa shape index (κ2) is 9.93. The van der Waals surface area contributed by atoms with Crippen molar-refractivity contribution in [2.45, 2.75) is 37.5 Å². The third-order valence-electron chi connectivity index (χ3n) is 5.85. The van der Waals surface area contributed by atoms with Gasteiger partial charge in [0.05, 0.1) is 22.2 Å². The molecule has 1 aromatic heterocycles. The highest BCUT2D eigenvalue weighted by atomic mass is 35.5. The number of alkyl halides is 3. The standard InChI is InChI=1S/C25H23ClF3N3O/c26-22-19(6-3-7-20(22)25(27,28)29)24(33)32-23(21-8-1-2-14-31-21)17-11-9-16(10-12-17)18-5-4-13-30-15-18/h3-7,9-13,15,21,23,31H,1-2,8,14H2,(H,32,33)/t21-,23-/m0/s1. The Morgan fingerprint density at radius 3 is 2.48 bits per heavy atom. The Kier molecular flexibility index (Phi) is 7.00. The van der Waals surface area contributed by atoms with Crippen LogP contribution in [-0.2, 0) is 6.18 Å². The zero-order valence-electron chi connectivity index (χ0n) is 17.7. The summed E-state index contributed by atoms with van der Waals surface area (Å²) in [5, 5.41) is 5.77. The molecule has 8 heteroatoms. The van der Waals surface area contributed by atoms with Crippen LogP contribution in [0.1, 0.15) is 46.8 Å². The van der Waals surface area contributed by atoms with E-state index in [0.717, 1.165) is 48.6 Å². The SMILES string of the molecule is O=C(N[C@@H](c1ccc(-c2cccnc2)cc1)[C@@H]1CCCCN1)c1cccc(C(F)(F)F)c1Cl. The highest BCUT2D eigenvalue weighted by molar-refractivity contribution is 6.34. The number of amides is 1. The third kappa shape index (κ3) is 5.37. The van der Waals surface area contributed by atoms with Crippen LogP contribution >= 0.6 is 11.6 Å². The van der Waals surface area contributed by atoms with Crippen molar-refractivity contribution in [3.8, 4) is 11.1 Å². The Labute approximate surface area is 195 Å². The summed E-state index contributed by atoms with van der Waals surface area (Å²) in [5.41, 5.74) is 1.59. The number of hydrogen-bond acceptors (Lipinski definition) is 3. The zero-order chi connectivity index (χ0) is 23.4. The molecule has 4 nitrogen and oxygen atoms in total. The van der Waals surface area contributed by atoms with Gasteiger partial charge in [0.2, 0.25) is 0 Å². The summed E-state index contributed by atoms with van der Waals surface area (Å²) >= 11 is 5.99. The van der Waals surface area contributed by atoms with Crippen LogP contribution in [0.3, 0.4) is 0 Å². The molecule has 2 N–H and O–H groups in total. The monoisotopic (exact) mass is 473 g/mol. The lowest BCUT2D eigenvalue weighted by atomic mass is 9.91. The number of aromatic nitrogens is 1. The Morgan fingerprint density at radius 1 is 1.06 bits per heavy atom. The van der Waals surface area contributed by atoms with Crippen LogP contribution in [0.15, 0.2) is 67.0 Å². The first-order chi connectivity index (χ1) is 15.8. The van der Waals surface area contributed by atoms with Gasteiger partial charge >= 0.3 is 6.18 Å². The second-order valence-electron chi connectivity index (χ2n) is 8.04. The third-order valence-corrected chi connectivity index (χ3v) is 6.26. The van der Waals surface area contributed by atoms with Gasteiger partial charge in [0.1, 0.15) is 0 Å². The highest BCUT2D eigenvalue weighted by Gasteiger charge is 2.35. The van der Waals surface area contributed by atoms with Crippen molar-refractivity contribution in [2.75, 3.05) is 6.54 Å². The van der Waals surface area contributed by atoms with E-state index in [1.165, 1.54) is 12.1 Å². The average molecular weight is 474 g/mol. The van der Waals surface area contributed by atoms with Crippen LogP contribution in [0, 0.1) is 0 Å². The predicted octanol–water partition coefficient (Wildman–Crippen LogP) is 6.03. The molecule has 2 heterocycles. The number of rotatable bonds is 5. The fraction of sp³-hybridized carbons (Fsp3) is 0.280. The van der Waals surface area contributed by atoms with E-state index in [4.69, 9.17) is 11.6 Å². The van der Waals surface area contributed by atoms with Crippen LogP contribution in [-0.4, -0.2) is 23.5 Å². The van der Waals surface area contributed by atoms with E-state index >= 15 is 0 Å². The van der Waals surface area contributed by atoms with Gasteiger partial charge in [-0.05, 0) is 54.3 Å². The normalized spacial score (nSPS) is 17.4. The number of pyridine rings is 1. The van der Waals surface area contributed by atoms with Gasteiger partial charge in [-0.1, -0.05) is 54.4 Å². The molecule has 1 aliphatic heterocycles. The van der Waals surface area contributed by atoms with Crippen molar-refractivity contribution in [3.05, 3.63) is 88.7 Å². The van der Waals surface area contributed by atoms with Crippen LogP contribution in [0.25, 0.3) is 11.1 Å². The van der Waals surface area contributed by atoms with Gasteiger partial charge in [-0.25, -0.2) is 0 Å². The summed E-state index contributed by atoms with van der Waals surface area (Å²) in [6, 6.07) is 14.5. The average Bonchev–Trinajstić information content (AvgIpc) is 2.83. The van der Waals surface area contributed by atoms with Gasteiger partial charge in [0.15, 0.2) is 0 Å². The number of nitrogens with zero attached hydrogens (tertiary/aromatic N) is 1. The van der Waals surface area contributed by atoms with Crippen molar-refractivity contribution >= 4 is 17.5 Å². The molecule has 0 radical (unpaired) electrons. The van der Waals surface area contributed by atoms with E-state index in [2.05, 4.69) is 15.6 Å². The summed E-state index contributed by atoms with van der Waals surface area (Å²) in [6.07, 6.45) is 1.72. The molecule has 3 aromatic rings. The molecule has 1 aliphatic rings. The lowest BCUT2D eigenvalue weighted by Gasteiger charge is -2.32. The topological polar surface area (TPSA) is 54.0 Å². The minimum Gasteiger partial charge on any atom is -0.344 e. The minimum absolute atomic E-state index is 0.0449. The largest absolute Gasteiger partial charge is 0.417 e. The van der Waals surface area contributed by atoms with Gasteiger partial charge in [-0.15, -0.1) is 0 Å². The quantitative estimate of drug-likeness (QED) is 0.475. The fourth-order valence-corrected chi connectivity index (χ4v) is 4.46. The molecule has 0 bridgehead atoms. The Balaban J connectivity index is 1.63. The van der Waals surface area contributed by atoms with Gasteiger partial charge in [0, 0.05) is 18.4 Å². The molecule has 1 amide bonds. The number of halogens is 4. The first-order valence-electron chi connectivity index (χ1n) is 10.7. The summed E-state index contributed by atoms with van der Waals surface area (Å²) in [4.78, 5) is 17.2.